The van der Waals surface area contributed by atoms with Crippen LogP contribution in [0, 0.1) is 0 Å². The van der Waals surface area contributed by atoms with Gasteiger partial charge < -0.3 is 147 Å². The highest BCUT2D eigenvalue weighted by atomic mass is 16.7. The zero-order valence-electron chi connectivity index (χ0n) is 61.8. The fraction of sp³-hybridized carbons (Fsp3) is 0.836. The van der Waals surface area contributed by atoms with Gasteiger partial charge in [-0.25, -0.2) is 0 Å². The molecule has 9 unspecified atom stereocenters. The Kier molecular flexibility index (Phi) is 47.9. The number of nitrogens with one attached hydrogen (secondary N) is 11. The molecule has 0 spiro atoms. The van der Waals surface area contributed by atoms with Crippen LogP contribution in [-0.4, -0.2) is 334 Å². The van der Waals surface area contributed by atoms with Gasteiger partial charge in [-0.05, 0) is 64.2 Å². The molecule has 40 heteroatoms. The van der Waals surface area contributed by atoms with E-state index in [1.807, 2.05) is 0 Å². The van der Waals surface area contributed by atoms with E-state index in [2.05, 4.69) is 58.5 Å². The summed E-state index contributed by atoms with van der Waals surface area (Å²) in [4.78, 5) is 137. The second-order valence-electron chi connectivity index (χ2n) is 26.2. The molecule has 3 saturated heterocycles. The number of aliphatic hydroxyl groups is 9. The smallest absolute Gasteiger partial charge is 0.222 e. The summed E-state index contributed by atoms with van der Waals surface area (Å²) in [6.45, 7) is 2.04. The minimum Gasteiger partial charge on any atom is -0.394 e. The minimum atomic E-state index is -1.48. The Morgan fingerprint density at radius 3 is 0.850 bits per heavy atom. The average Bonchev–Trinajstić information content (AvgIpc) is 0.822. The number of rotatable bonds is 56. The van der Waals surface area contributed by atoms with Crippen LogP contribution >= 0.6 is 0 Å². The second kappa shape index (κ2) is 54.1. The fourth-order valence-corrected chi connectivity index (χ4v) is 11.2. The zero-order valence-corrected chi connectivity index (χ0v) is 61.8. The average molecular weight is 1540 g/mol. The predicted octanol–water partition coefficient (Wildman–Crippen LogP) is -7.76. The molecule has 107 heavy (non-hydrogen) atoms. The van der Waals surface area contributed by atoms with Gasteiger partial charge in [-0.1, -0.05) is 0 Å². The van der Waals surface area contributed by atoms with Crippen molar-refractivity contribution in [2.75, 3.05) is 126 Å². The summed E-state index contributed by atoms with van der Waals surface area (Å²) in [5.74, 6) is -4.27. The molecule has 3 fully saturated rings. The number of hydrogen-bond acceptors (Lipinski definition) is 29. The summed E-state index contributed by atoms with van der Waals surface area (Å²) in [5, 5.41) is 120. The Labute approximate surface area is 622 Å². The van der Waals surface area contributed by atoms with E-state index in [9.17, 15) is 98.7 Å². The molecule has 0 aromatic heterocycles. The predicted molar refractivity (Wildman–Crippen MR) is 373 cm³/mol. The number of ether oxygens (including phenoxy) is 9. The molecule has 3 aliphatic heterocycles. The fourth-order valence-electron chi connectivity index (χ4n) is 11.2. The van der Waals surface area contributed by atoms with Gasteiger partial charge in [0.15, 0.2) is 18.9 Å². The van der Waals surface area contributed by atoms with E-state index < -0.39 is 159 Å². The van der Waals surface area contributed by atoms with Crippen molar-refractivity contribution in [1.29, 1.82) is 0 Å². The number of aliphatic hydroxyl groups excluding tert-OH is 9. The van der Waals surface area contributed by atoms with Crippen molar-refractivity contribution in [3.05, 3.63) is 0 Å². The van der Waals surface area contributed by atoms with Crippen molar-refractivity contribution >= 4 is 65.0 Å². The first-order chi connectivity index (χ1) is 51.2. The Bertz CT molecular complexity index is 2420. The molecule has 40 nitrogen and oxygen atoms in total. The molecule has 0 bridgehead atoms. The summed E-state index contributed by atoms with van der Waals surface area (Å²) >= 11 is 0. The standard InChI is InChI=1S/C67H119N11O29/c1-41(82)75-55-61(96)58(93)44(35-79)105-64(55)102-29-8-5-15-48(86)69-23-12-26-72-51(89)20-32-99-38-67(78-54(92)19-11-18-47(85)68-4,39-100-33-21-52(90)73-27-13-24-70-49(87)16-6-9-30-103-65-56(76-42(2)83)62(97)59(94)45(36-80)106-65)40-101-34-22-53(91)74-28-14-25-71-50(88)17-7-10-31-104-66-57(77-43(3)84)63(98)60(95)46(37-81)107-66/h44-46,55-66,79-81,93-98H,5-40H2,1-4H3,(H,68,85)(H,69,86)(H,70,87)(H,71,88)(H,72,89)(H,73,90)(H,74,91)(H,75,82)(H,76,83)(H,77,84)(H,78,92)/t44?,45?,46?,55-,56-,57-,58?,59?,60?,61?,62?,63?,64+,65+,66+,67?/m0/s1. The first-order valence-electron chi connectivity index (χ1n) is 36.6. The number of unbranched alkanes of at least 4 members (excludes halogenated alkanes) is 3. The molecule has 3 rings (SSSR count). The maximum atomic E-state index is 13.6. The minimum absolute atomic E-state index is 0.0378. The maximum Gasteiger partial charge on any atom is 0.222 e. The van der Waals surface area contributed by atoms with Crippen LogP contribution in [0.25, 0.3) is 0 Å². The van der Waals surface area contributed by atoms with Crippen molar-refractivity contribution < 1.29 is 141 Å². The molecule has 15 atom stereocenters. The highest BCUT2D eigenvalue weighted by Crippen LogP contribution is 2.26. The van der Waals surface area contributed by atoms with Crippen LogP contribution in [0.1, 0.15) is 136 Å². The topological polar surface area (TPSA) is 585 Å². The lowest BCUT2D eigenvalue weighted by molar-refractivity contribution is -0.270. The lowest BCUT2D eigenvalue weighted by Crippen LogP contribution is -2.64. The van der Waals surface area contributed by atoms with Gasteiger partial charge in [0.05, 0.1) is 59.5 Å². The van der Waals surface area contributed by atoms with Crippen molar-refractivity contribution in [3.8, 4) is 0 Å². The third-order valence-electron chi connectivity index (χ3n) is 17.0. The van der Waals surface area contributed by atoms with Crippen LogP contribution in [0.3, 0.4) is 0 Å². The second-order valence-corrected chi connectivity index (χ2v) is 26.2. The molecule has 0 aliphatic carbocycles. The van der Waals surface area contributed by atoms with Crippen LogP contribution in [-0.2, 0) is 95.4 Å². The largest absolute Gasteiger partial charge is 0.394 e. The van der Waals surface area contributed by atoms with Gasteiger partial charge in [-0.3, -0.25) is 52.7 Å². The van der Waals surface area contributed by atoms with Gasteiger partial charge in [-0.2, -0.15) is 0 Å². The maximum absolute atomic E-state index is 13.6. The Morgan fingerprint density at radius 1 is 0.327 bits per heavy atom. The zero-order chi connectivity index (χ0) is 79.1. The summed E-state index contributed by atoms with van der Waals surface area (Å²) in [5.41, 5.74) is -1.48. The summed E-state index contributed by atoms with van der Waals surface area (Å²) < 4.78 is 51.7. The van der Waals surface area contributed by atoms with Gasteiger partial charge in [0.1, 0.15) is 78.6 Å². The highest BCUT2D eigenvalue weighted by Gasteiger charge is 2.48. The third-order valence-corrected chi connectivity index (χ3v) is 17.0. The molecule has 0 aromatic carbocycles. The lowest BCUT2D eigenvalue weighted by Gasteiger charge is -2.42. The molecule has 0 aromatic rings. The van der Waals surface area contributed by atoms with Gasteiger partial charge in [-0.15, -0.1) is 0 Å². The van der Waals surface area contributed by atoms with Gasteiger partial charge >= 0.3 is 0 Å². The van der Waals surface area contributed by atoms with Gasteiger partial charge in [0.25, 0.3) is 0 Å². The van der Waals surface area contributed by atoms with Gasteiger partial charge in [0.2, 0.25) is 65.0 Å². The quantitative estimate of drug-likeness (QED) is 0.0252. The SMILES string of the molecule is CNC(=O)CCCC(=O)NC(COCCC(=O)NCCCNC(=O)CCCCO[C@@H]1OC(CO)C(O)C(O)[C@@H]1NC(C)=O)(COCCC(=O)NCCCNC(=O)CCCCO[C@@H]1OC(CO)C(O)C(O)[C@@H]1NC(C)=O)COCCC(=O)NCCCNC(=O)CCCCO[C@@H]1OC(CO)C(O)C(O)[C@@H]1NC(C)=O. The molecular weight excluding hydrogens is 1420 g/mol. The summed E-state index contributed by atoms with van der Waals surface area (Å²) in [6, 6.07) is -3.29. The van der Waals surface area contributed by atoms with Crippen molar-refractivity contribution in [2.24, 2.45) is 0 Å². The summed E-state index contributed by atoms with van der Waals surface area (Å²) in [6.07, 6.45) is -12.1. The summed E-state index contributed by atoms with van der Waals surface area (Å²) in [7, 11) is 1.46. The van der Waals surface area contributed by atoms with E-state index in [1.54, 1.807) is 0 Å². The molecule has 3 heterocycles. The number of hydrogen-bond donors (Lipinski definition) is 20. The normalized spacial score (nSPS) is 24.7. The number of amides is 11. The van der Waals surface area contributed by atoms with Crippen molar-refractivity contribution in [2.45, 2.75) is 234 Å². The van der Waals surface area contributed by atoms with E-state index in [0.717, 1.165) is 0 Å². The molecule has 0 radical (unpaired) electrons. The molecule has 20 N–H and O–H groups in total. The Hall–Kier alpha value is -6.55. The lowest BCUT2D eigenvalue weighted by atomic mass is 9.97. The van der Waals surface area contributed by atoms with E-state index in [4.69, 9.17) is 42.6 Å². The molecule has 11 amide bonds. The van der Waals surface area contributed by atoms with Crippen molar-refractivity contribution in [1.82, 2.24) is 58.5 Å². The van der Waals surface area contributed by atoms with Crippen LogP contribution < -0.4 is 58.5 Å². The Morgan fingerprint density at radius 2 is 0.589 bits per heavy atom. The first kappa shape index (κ1) is 94.7. The molecule has 616 valence electrons. The van der Waals surface area contributed by atoms with Crippen LogP contribution in [0.15, 0.2) is 0 Å². The molecule has 0 saturated carbocycles. The van der Waals surface area contributed by atoms with E-state index in [1.165, 1.54) is 27.8 Å². The van der Waals surface area contributed by atoms with Crippen LogP contribution in [0.2, 0.25) is 0 Å². The number of carbonyl (C=O) groups excluding carboxylic acids is 11. The number of carbonyl (C=O) groups is 11. The molecule has 3 aliphatic rings. The van der Waals surface area contributed by atoms with Gasteiger partial charge in [0, 0.05) is 138 Å². The van der Waals surface area contributed by atoms with E-state index >= 15 is 0 Å². The third kappa shape index (κ3) is 38.6. The highest BCUT2D eigenvalue weighted by molar-refractivity contribution is 5.80. The van der Waals surface area contributed by atoms with Crippen LogP contribution in [0.5, 0.6) is 0 Å². The molecular formula is C67H119N11O29. The van der Waals surface area contributed by atoms with Crippen molar-refractivity contribution in [3.63, 3.8) is 0 Å². The van der Waals surface area contributed by atoms with E-state index in [0.29, 0.717) is 57.8 Å². The van der Waals surface area contributed by atoms with E-state index in [-0.39, 0.29) is 180 Å². The monoisotopic (exact) mass is 1540 g/mol. The van der Waals surface area contributed by atoms with Crippen LogP contribution in [0.4, 0.5) is 0 Å². The first-order valence-corrected chi connectivity index (χ1v) is 36.6. The Balaban J connectivity index is 1.50.